The van der Waals surface area contributed by atoms with Gasteiger partial charge in [0.05, 0.1) is 6.54 Å². The first kappa shape index (κ1) is 17.9. The van der Waals surface area contributed by atoms with Crippen LogP contribution < -0.4 is 10.6 Å². The quantitative estimate of drug-likeness (QED) is 0.812. The Labute approximate surface area is 132 Å². The van der Waals surface area contributed by atoms with Crippen LogP contribution in [0.5, 0.6) is 0 Å². The smallest absolute Gasteiger partial charge is 0.233 e. The number of nitrogens with one attached hydrogen (secondary N) is 2. The average molecular weight is 315 g/mol. The van der Waals surface area contributed by atoms with Gasteiger partial charge < -0.3 is 10.6 Å². The average Bonchev–Trinajstić information content (AvgIpc) is 3.21. The van der Waals surface area contributed by atoms with Crippen molar-refractivity contribution in [1.82, 2.24) is 10.6 Å². The van der Waals surface area contributed by atoms with Gasteiger partial charge in [-0.15, -0.1) is 12.4 Å². The number of benzene rings is 1. The van der Waals surface area contributed by atoms with Crippen LogP contribution in [0.15, 0.2) is 24.3 Å². The second-order valence-electron chi connectivity index (χ2n) is 6.24. The molecule has 1 saturated carbocycles. The molecule has 0 radical (unpaired) electrons. The number of halogens is 2. The first-order valence-corrected chi connectivity index (χ1v) is 7.21. The van der Waals surface area contributed by atoms with Gasteiger partial charge in [0.25, 0.3) is 0 Å². The molecule has 0 aliphatic heterocycles. The fraction of sp³-hybridized carbons (Fsp3) is 0.562. The van der Waals surface area contributed by atoms with Crippen molar-refractivity contribution in [2.75, 3.05) is 19.6 Å². The van der Waals surface area contributed by atoms with Gasteiger partial charge in [0, 0.05) is 12.0 Å². The van der Waals surface area contributed by atoms with Crippen LogP contribution in [-0.4, -0.2) is 25.5 Å². The number of rotatable bonds is 7. The van der Waals surface area contributed by atoms with Crippen LogP contribution in [-0.2, 0) is 10.2 Å². The van der Waals surface area contributed by atoms with E-state index in [1.807, 2.05) is 13.8 Å². The summed E-state index contributed by atoms with van der Waals surface area (Å²) in [5.41, 5.74) is 0.810. The van der Waals surface area contributed by atoms with Gasteiger partial charge in [0.1, 0.15) is 5.82 Å². The van der Waals surface area contributed by atoms with E-state index in [4.69, 9.17) is 0 Å². The molecule has 1 aliphatic rings. The zero-order valence-corrected chi connectivity index (χ0v) is 13.4. The molecule has 0 saturated heterocycles. The third-order valence-electron chi connectivity index (χ3n) is 3.77. The minimum Gasteiger partial charge on any atom is -0.354 e. The van der Waals surface area contributed by atoms with Crippen molar-refractivity contribution in [1.29, 1.82) is 0 Å². The minimum absolute atomic E-state index is 0. The highest BCUT2D eigenvalue weighted by atomic mass is 35.5. The second kappa shape index (κ2) is 7.76. The molecule has 0 heterocycles. The number of carbonyl (C=O) groups excluding carboxylic acids is 1. The lowest BCUT2D eigenvalue weighted by atomic mass is 9.84. The van der Waals surface area contributed by atoms with Crippen LogP contribution >= 0.6 is 12.4 Å². The largest absolute Gasteiger partial charge is 0.354 e. The second-order valence-corrected chi connectivity index (χ2v) is 6.24. The molecule has 0 aromatic heterocycles. The zero-order valence-electron chi connectivity index (χ0n) is 12.6. The van der Waals surface area contributed by atoms with Crippen LogP contribution in [0.2, 0.25) is 0 Å². The van der Waals surface area contributed by atoms with Gasteiger partial charge in [-0.3, -0.25) is 4.79 Å². The van der Waals surface area contributed by atoms with E-state index in [2.05, 4.69) is 10.6 Å². The third-order valence-corrected chi connectivity index (χ3v) is 3.77. The summed E-state index contributed by atoms with van der Waals surface area (Å²) in [5, 5.41) is 6.10. The van der Waals surface area contributed by atoms with Crippen LogP contribution in [0.4, 0.5) is 4.39 Å². The fourth-order valence-corrected chi connectivity index (χ4v) is 2.10. The van der Waals surface area contributed by atoms with E-state index in [-0.39, 0.29) is 29.5 Å². The van der Waals surface area contributed by atoms with E-state index in [1.54, 1.807) is 12.1 Å². The highest BCUT2D eigenvalue weighted by Crippen LogP contribution is 2.27. The van der Waals surface area contributed by atoms with E-state index in [0.717, 1.165) is 18.0 Å². The lowest BCUT2D eigenvalue weighted by Gasteiger charge is -2.25. The lowest BCUT2D eigenvalue weighted by molar-refractivity contribution is -0.120. The first-order valence-electron chi connectivity index (χ1n) is 7.21. The number of amides is 1. The van der Waals surface area contributed by atoms with Gasteiger partial charge in [-0.05, 0) is 43.0 Å². The molecule has 1 fully saturated rings. The molecule has 0 atom stereocenters. The fourth-order valence-electron chi connectivity index (χ4n) is 2.10. The van der Waals surface area contributed by atoms with E-state index >= 15 is 0 Å². The summed E-state index contributed by atoms with van der Waals surface area (Å²) in [6.07, 6.45) is 2.57. The summed E-state index contributed by atoms with van der Waals surface area (Å²) in [5.74, 6) is 0.553. The summed E-state index contributed by atoms with van der Waals surface area (Å²) in [6, 6.07) is 6.45. The highest BCUT2D eigenvalue weighted by molar-refractivity contribution is 5.85. The minimum atomic E-state index is -0.238. The van der Waals surface area contributed by atoms with Gasteiger partial charge in [-0.1, -0.05) is 26.0 Å². The van der Waals surface area contributed by atoms with Crippen molar-refractivity contribution in [3.05, 3.63) is 35.6 Å². The van der Waals surface area contributed by atoms with Crippen LogP contribution in [0.25, 0.3) is 0 Å². The van der Waals surface area contributed by atoms with Crippen molar-refractivity contribution in [3.8, 4) is 0 Å². The number of hydrogen-bond acceptors (Lipinski definition) is 2. The van der Waals surface area contributed by atoms with E-state index in [9.17, 15) is 9.18 Å². The van der Waals surface area contributed by atoms with Crippen LogP contribution in [0, 0.1) is 11.7 Å². The van der Waals surface area contributed by atoms with Crippen molar-refractivity contribution >= 4 is 18.3 Å². The Morgan fingerprint density at radius 2 is 1.90 bits per heavy atom. The maximum Gasteiger partial charge on any atom is 0.233 e. The molecule has 5 heteroatoms. The maximum atomic E-state index is 12.9. The summed E-state index contributed by atoms with van der Waals surface area (Å²) < 4.78 is 12.9. The van der Waals surface area contributed by atoms with E-state index < -0.39 is 0 Å². The molecular formula is C16H24ClFN2O. The molecule has 0 spiro atoms. The van der Waals surface area contributed by atoms with Crippen LogP contribution in [0.3, 0.4) is 0 Å². The Morgan fingerprint density at radius 1 is 1.29 bits per heavy atom. The topological polar surface area (TPSA) is 41.1 Å². The molecule has 1 amide bonds. The highest BCUT2D eigenvalue weighted by Gasteiger charge is 2.22. The monoisotopic (exact) mass is 314 g/mol. The molecule has 2 rings (SSSR count). The molecule has 1 aliphatic carbocycles. The third kappa shape index (κ3) is 6.02. The van der Waals surface area contributed by atoms with Gasteiger partial charge in [0.2, 0.25) is 5.91 Å². The Hall–Kier alpha value is -1.13. The lowest BCUT2D eigenvalue weighted by Crippen LogP contribution is -2.41. The van der Waals surface area contributed by atoms with Crippen molar-refractivity contribution < 1.29 is 9.18 Å². The Morgan fingerprint density at radius 3 is 2.48 bits per heavy atom. The molecule has 1 aromatic carbocycles. The molecule has 21 heavy (non-hydrogen) atoms. The molecule has 0 unspecified atom stereocenters. The van der Waals surface area contributed by atoms with Gasteiger partial charge in [0.15, 0.2) is 0 Å². The standard InChI is InChI=1S/C16H23FN2O.ClH/c1-16(2,13-5-7-14(17)8-6-13)11-19-15(20)10-18-9-12-3-4-12;/h5-8,12,18H,3-4,9-11H2,1-2H3,(H,19,20);1H. The molecule has 118 valence electrons. The van der Waals surface area contributed by atoms with E-state index in [1.165, 1.54) is 25.0 Å². The van der Waals surface area contributed by atoms with Gasteiger partial charge in [-0.2, -0.15) is 0 Å². The van der Waals surface area contributed by atoms with Crippen molar-refractivity contribution in [3.63, 3.8) is 0 Å². The van der Waals surface area contributed by atoms with Gasteiger partial charge in [-0.25, -0.2) is 4.39 Å². The summed E-state index contributed by atoms with van der Waals surface area (Å²) in [7, 11) is 0. The Balaban J connectivity index is 0.00000220. The maximum absolute atomic E-state index is 12.9. The predicted molar refractivity (Wildman–Crippen MR) is 85.3 cm³/mol. The predicted octanol–water partition coefficient (Wildman–Crippen LogP) is 2.64. The first-order chi connectivity index (χ1) is 9.47. The summed E-state index contributed by atoms with van der Waals surface area (Å²) in [6.45, 7) is 5.93. The van der Waals surface area contributed by atoms with E-state index in [0.29, 0.717) is 13.1 Å². The molecule has 3 nitrogen and oxygen atoms in total. The van der Waals surface area contributed by atoms with Crippen molar-refractivity contribution in [2.24, 2.45) is 5.92 Å². The molecular weight excluding hydrogens is 291 g/mol. The summed E-state index contributed by atoms with van der Waals surface area (Å²) in [4.78, 5) is 11.7. The zero-order chi connectivity index (χ0) is 14.6. The molecule has 1 aromatic rings. The van der Waals surface area contributed by atoms with Crippen molar-refractivity contribution in [2.45, 2.75) is 32.1 Å². The Bertz CT molecular complexity index is 458. The Kier molecular flexibility index (Phi) is 6.62. The summed E-state index contributed by atoms with van der Waals surface area (Å²) >= 11 is 0. The molecule has 0 bridgehead atoms. The SMILES string of the molecule is CC(C)(CNC(=O)CNCC1CC1)c1ccc(F)cc1.Cl. The number of hydrogen-bond donors (Lipinski definition) is 2. The van der Waals surface area contributed by atoms with Crippen LogP contribution in [0.1, 0.15) is 32.3 Å². The molecule has 2 N–H and O–H groups in total. The number of carbonyl (C=O) groups is 1. The van der Waals surface area contributed by atoms with Gasteiger partial charge >= 0.3 is 0 Å². The normalized spacial score (nSPS) is 14.4.